The summed E-state index contributed by atoms with van der Waals surface area (Å²) < 4.78 is 7.23. The normalized spacial score (nSPS) is 19.5. The number of carbonyl (C=O) groups is 1. The molecule has 6 nitrogen and oxygen atoms in total. The number of ketones is 1. The number of carbonyl (C=O) groups excluding carboxylic acids is 1. The van der Waals surface area contributed by atoms with Crippen LogP contribution in [0.5, 0.6) is 5.75 Å². The van der Waals surface area contributed by atoms with Gasteiger partial charge in [-0.1, -0.05) is 6.07 Å². The van der Waals surface area contributed by atoms with Crippen molar-refractivity contribution in [3.63, 3.8) is 0 Å². The third-order valence-electron chi connectivity index (χ3n) is 4.37. The molecular weight excluding hydrogens is 304 g/mol. The maximum atomic E-state index is 12.4. The van der Waals surface area contributed by atoms with Gasteiger partial charge < -0.3 is 9.30 Å². The van der Waals surface area contributed by atoms with Crippen molar-refractivity contribution in [3.05, 3.63) is 42.5 Å². The summed E-state index contributed by atoms with van der Waals surface area (Å²) in [5, 5.41) is 4.40. The van der Waals surface area contributed by atoms with E-state index in [-0.39, 0.29) is 11.7 Å². The molecule has 2 aromatic rings. The number of ether oxygens (including phenoxy) is 1. The standard InChI is InChI=1S/C18H22N4O2/c1-13-19-8-9-22(13)12-14-6-7-16(11-18(14)23)21-20-15-4-3-5-17(10-15)24-2/h3-5,8-10,14,20H,6-7,11-12H2,1-2H3. The van der Waals surface area contributed by atoms with Crippen molar-refractivity contribution in [2.24, 2.45) is 11.0 Å². The molecule has 6 heteroatoms. The molecule has 1 aromatic carbocycles. The van der Waals surface area contributed by atoms with Crippen LogP contribution in [-0.4, -0.2) is 28.2 Å². The van der Waals surface area contributed by atoms with E-state index in [4.69, 9.17) is 4.74 Å². The van der Waals surface area contributed by atoms with Crippen molar-refractivity contribution in [1.29, 1.82) is 0 Å². The lowest BCUT2D eigenvalue weighted by atomic mass is 9.86. The van der Waals surface area contributed by atoms with E-state index in [1.807, 2.05) is 42.0 Å². The molecular formula is C18H22N4O2. The lowest BCUT2D eigenvalue weighted by Gasteiger charge is -2.22. The molecule has 0 aliphatic heterocycles. The highest BCUT2D eigenvalue weighted by molar-refractivity contribution is 6.05. The molecule has 0 radical (unpaired) electrons. The van der Waals surface area contributed by atoms with Crippen LogP contribution in [-0.2, 0) is 11.3 Å². The number of nitrogens with zero attached hydrogens (tertiary/aromatic N) is 3. The van der Waals surface area contributed by atoms with Crippen LogP contribution in [0.1, 0.15) is 25.1 Å². The summed E-state index contributed by atoms with van der Waals surface area (Å²) in [4.78, 5) is 16.6. The Morgan fingerprint density at radius 1 is 1.46 bits per heavy atom. The minimum absolute atomic E-state index is 0.0497. The third kappa shape index (κ3) is 3.82. The monoisotopic (exact) mass is 326 g/mol. The van der Waals surface area contributed by atoms with Gasteiger partial charge in [-0.15, -0.1) is 0 Å². The maximum Gasteiger partial charge on any atom is 0.143 e. The van der Waals surface area contributed by atoms with Crippen LogP contribution in [0, 0.1) is 12.8 Å². The summed E-state index contributed by atoms with van der Waals surface area (Å²) in [5.41, 5.74) is 4.78. The molecule has 1 fully saturated rings. The Hall–Kier alpha value is -2.63. The van der Waals surface area contributed by atoms with Gasteiger partial charge in [0.1, 0.15) is 17.4 Å². The minimum atomic E-state index is 0.0497. The van der Waals surface area contributed by atoms with Crippen LogP contribution >= 0.6 is 0 Å². The first-order valence-corrected chi connectivity index (χ1v) is 8.11. The Balaban J connectivity index is 1.58. The second-order valence-electron chi connectivity index (χ2n) is 6.03. The van der Waals surface area contributed by atoms with E-state index in [0.717, 1.165) is 35.8 Å². The number of benzene rings is 1. The summed E-state index contributed by atoms with van der Waals surface area (Å²) in [6.07, 6.45) is 5.77. The number of nitrogens with one attached hydrogen (secondary N) is 1. The third-order valence-corrected chi connectivity index (χ3v) is 4.37. The molecule has 1 aliphatic rings. The van der Waals surface area contributed by atoms with Crippen molar-refractivity contribution in [2.75, 3.05) is 12.5 Å². The van der Waals surface area contributed by atoms with Crippen molar-refractivity contribution < 1.29 is 9.53 Å². The fourth-order valence-electron chi connectivity index (χ4n) is 2.89. The van der Waals surface area contributed by atoms with Crippen molar-refractivity contribution in [2.45, 2.75) is 32.7 Å². The number of methoxy groups -OCH3 is 1. The van der Waals surface area contributed by atoms with E-state index in [9.17, 15) is 4.79 Å². The molecule has 0 saturated heterocycles. The Morgan fingerprint density at radius 2 is 2.33 bits per heavy atom. The Kier molecular flexibility index (Phi) is 4.93. The fourth-order valence-corrected chi connectivity index (χ4v) is 2.89. The van der Waals surface area contributed by atoms with Gasteiger partial charge in [-0.05, 0) is 31.9 Å². The molecule has 1 aromatic heterocycles. The molecule has 24 heavy (non-hydrogen) atoms. The van der Waals surface area contributed by atoms with Gasteiger partial charge in [0.15, 0.2) is 0 Å². The molecule has 0 amide bonds. The Bertz CT molecular complexity index is 751. The first-order chi connectivity index (χ1) is 11.7. The second kappa shape index (κ2) is 7.29. The van der Waals surface area contributed by atoms with Crippen LogP contribution in [0.3, 0.4) is 0 Å². The van der Waals surface area contributed by atoms with Gasteiger partial charge in [0, 0.05) is 43.1 Å². The molecule has 1 atom stereocenters. The molecule has 1 aliphatic carbocycles. The lowest BCUT2D eigenvalue weighted by molar-refractivity contribution is -0.122. The first-order valence-electron chi connectivity index (χ1n) is 8.11. The van der Waals surface area contributed by atoms with Gasteiger partial charge in [0.2, 0.25) is 0 Å². The van der Waals surface area contributed by atoms with Crippen LogP contribution in [0.2, 0.25) is 0 Å². The van der Waals surface area contributed by atoms with E-state index in [0.29, 0.717) is 13.0 Å². The van der Waals surface area contributed by atoms with Gasteiger partial charge in [-0.3, -0.25) is 10.2 Å². The zero-order chi connectivity index (χ0) is 16.9. The molecule has 1 N–H and O–H groups in total. The minimum Gasteiger partial charge on any atom is -0.497 e. The average Bonchev–Trinajstić information content (AvgIpc) is 3.00. The molecule has 0 bridgehead atoms. The molecule has 3 rings (SSSR count). The van der Waals surface area contributed by atoms with E-state index in [1.165, 1.54) is 0 Å². The van der Waals surface area contributed by atoms with E-state index in [1.54, 1.807) is 13.3 Å². The SMILES string of the molecule is COc1cccc(NN=C2CCC(Cn3ccnc3C)C(=O)C2)c1. The molecule has 1 saturated carbocycles. The number of hydrogen-bond donors (Lipinski definition) is 1. The van der Waals surface area contributed by atoms with Gasteiger partial charge in [0.05, 0.1) is 12.8 Å². The van der Waals surface area contributed by atoms with E-state index >= 15 is 0 Å². The summed E-state index contributed by atoms with van der Waals surface area (Å²) in [7, 11) is 1.63. The quantitative estimate of drug-likeness (QED) is 0.858. The largest absolute Gasteiger partial charge is 0.497 e. The van der Waals surface area contributed by atoms with Gasteiger partial charge in [-0.25, -0.2) is 4.98 Å². The van der Waals surface area contributed by atoms with Gasteiger partial charge >= 0.3 is 0 Å². The number of imidazole rings is 1. The Labute approximate surface area is 141 Å². The van der Waals surface area contributed by atoms with Gasteiger partial charge in [-0.2, -0.15) is 5.10 Å². The van der Waals surface area contributed by atoms with Crippen LogP contribution in [0.4, 0.5) is 5.69 Å². The van der Waals surface area contributed by atoms with Gasteiger partial charge in [0.25, 0.3) is 0 Å². The summed E-state index contributed by atoms with van der Waals surface area (Å²) in [6.45, 7) is 2.67. The number of Topliss-reactive ketones (excluding diaryl/α,β-unsaturated/α-hetero) is 1. The topological polar surface area (TPSA) is 68.5 Å². The zero-order valence-electron chi connectivity index (χ0n) is 14.0. The number of aryl methyl sites for hydroxylation is 1. The van der Waals surface area contributed by atoms with Crippen LogP contribution < -0.4 is 10.2 Å². The number of hydrazone groups is 1. The maximum absolute atomic E-state index is 12.4. The molecule has 1 unspecified atom stereocenters. The van der Waals surface area contributed by atoms with Crippen molar-refractivity contribution >= 4 is 17.2 Å². The highest BCUT2D eigenvalue weighted by Gasteiger charge is 2.26. The van der Waals surface area contributed by atoms with Crippen LogP contribution in [0.15, 0.2) is 41.8 Å². The Morgan fingerprint density at radius 3 is 3.04 bits per heavy atom. The lowest BCUT2D eigenvalue weighted by Crippen LogP contribution is -2.29. The summed E-state index contributed by atoms with van der Waals surface area (Å²) in [6, 6.07) is 7.57. The number of aromatic nitrogens is 2. The number of anilines is 1. The summed E-state index contributed by atoms with van der Waals surface area (Å²) >= 11 is 0. The predicted octanol–water partition coefficient (Wildman–Crippen LogP) is 3.04. The van der Waals surface area contributed by atoms with Crippen molar-refractivity contribution in [3.8, 4) is 5.75 Å². The smallest absolute Gasteiger partial charge is 0.143 e. The number of rotatable bonds is 5. The molecule has 126 valence electrons. The predicted molar refractivity (Wildman–Crippen MR) is 93.4 cm³/mol. The second-order valence-corrected chi connectivity index (χ2v) is 6.03. The van der Waals surface area contributed by atoms with Crippen molar-refractivity contribution in [1.82, 2.24) is 9.55 Å². The zero-order valence-corrected chi connectivity index (χ0v) is 14.0. The highest BCUT2D eigenvalue weighted by Crippen LogP contribution is 2.22. The fraction of sp³-hybridized carbons (Fsp3) is 0.389. The first kappa shape index (κ1) is 16.2. The van der Waals surface area contributed by atoms with E-state index < -0.39 is 0 Å². The molecule has 0 spiro atoms. The average molecular weight is 326 g/mol. The highest BCUT2D eigenvalue weighted by atomic mass is 16.5. The van der Waals surface area contributed by atoms with Crippen LogP contribution in [0.25, 0.3) is 0 Å². The molecule has 1 heterocycles. The summed E-state index contributed by atoms with van der Waals surface area (Å²) in [5.74, 6) is 2.02. The van der Waals surface area contributed by atoms with E-state index in [2.05, 4.69) is 15.5 Å². The number of hydrogen-bond acceptors (Lipinski definition) is 5.